The molecule has 0 aliphatic rings. The standard InChI is InChI=1S/C15H26O2.2C14H26O3Si.C14H24O2.C13H24O3Si.C13H22O2.C12H24O3Si.C12H22O2/c1-11(2)14(6)8-7-13(5)9-10-17-15(16)12(3)4;1-12(2)8-7-11-18(5,6)17-10-9-16-14(15)13(3)4;1-7-14(15)16-9-10-17-18(5,6)11-8-13(4)12(2)3;1-11(2)7-6-8-13(5)9-10-16-14(15)12(3)4;1-6-13(14)15-9-10-16-17(4,5)11-7-8-12(2)3;1-5-13(14)15-10-9-12(4)8-6-7-11(2)3;1-6-7-10-16(4,5)15-9-8-14-12(13)11(2)3;1-5-6-7-11(4)8-9-14-12(13)10(2)3/h13-14H,1,3,7-10H2,2,4-6H3;1,3,7-11H2,2,4-6H3;7,13H,1-2,8-11H2,3-6H3;13H,1,3,6-10H2,2,4-5H3;6H,1-2,7-11H2,3-5H3;5,12H,1-2,6-10H2,3-4H3;2,6-10H2,1,3-5H3;11H,2,5-9H2,1,3-4H3. The second kappa shape index (κ2) is 86.9. The minimum Gasteiger partial charge on any atom is -0.463 e. The van der Waals surface area contributed by atoms with Crippen LogP contribution in [0.25, 0.3) is 0 Å². The van der Waals surface area contributed by atoms with Crippen molar-refractivity contribution in [2.24, 2.45) is 35.5 Å². The Bertz CT molecular complexity index is 3340. The second-order valence-corrected chi connectivity index (χ2v) is 55.1. The Balaban J connectivity index is -0.000000220. The summed E-state index contributed by atoms with van der Waals surface area (Å²) in [6, 6.07) is 4.47. The average Bonchev–Trinajstić information content (AvgIpc) is 0.927. The zero-order valence-corrected chi connectivity index (χ0v) is 92.6. The molecule has 0 aliphatic heterocycles. The van der Waals surface area contributed by atoms with Crippen molar-refractivity contribution in [2.45, 2.75) is 349 Å². The van der Waals surface area contributed by atoms with E-state index in [0.29, 0.717) is 143 Å². The van der Waals surface area contributed by atoms with Gasteiger partial charge in [0.15, 0.2) is 33.3 Å². The molecule has 6 unspecified atom stereocenters. The molecule has 0 bridgehead atoms. The molecule has 0 saturated carbocycles. The molecule has 0 saturated heterocycles. The van der Waals surface area contributed by atoms with Crippen LogP contribution in [0, 0.1) is 35.5 Å². The van der Waals surface area contributed by atoms with Crippen molar-refractivity contribution in [1.29, 1.82) is 0 Å². The van der Waals surface area contributed by atoms with Gasteiger partial charge < -0.3 is 55.6 Å². The maximum absolute atomic E-state index is 11.1. The number of unbranched alkanes of at least 4 members (excludes halogenated alkanes) is 2. The van der Waals surface area contributed by atoms with Gasteiger partial charge >= 0.3 is 47.8 Å². The van der Waals surface area contributed by atoms with Gasteiger partial charge in [0.25, 0.3) is 0 Å². The summed E-state index contributed by atoms with van der Waals surface area (Å²) in [5.74, 6) is 0.899. The van der Waals surface area contributed by atoms with E-state index in [0.717, 1.165) is 126 Å². The molecule has 0 fully saturated rings. The Morgan fingerprint density at radius 2 is 0.466 bits per heavy atom. The zero-order valence-electron chi connectivity index (χ0n) is 88.6. The van der Waals surface area contributed by atoms with Crippen LogP contribution in [0.3, 0.4) is 0 Å². The smallest absolute Gasteiger partial charge is 0.333 e. The summed E-state index contributed by atoms with van der Waals surface area (Å²) in [7, 11) is -6.42. The molecule has 6 atom stereocenters. The topological polar surface area (TPSA) is 247 Å². The van der Waals surface area contributed by atoms with Crippen LogP contribution in [0.2, 0.25) is 76.6 Å². The average molecular weight is 1910 g/mol. The molecule has 0 amide bonds. The number of carbonyl (C=O) groups excluding carboxylic acids is 8. The van der Waals surface area contributed by atoms with E-state index in [9.17, 15) is 38.4 Å². The van der Waals surface area contributed by atoms with Crippen LogP contribution in [-0.2, 0) is 94.0 Å². The van der Waals surface area contributed by atoms with E-state index >= 15 is 0 Å². The first-order chi connectivity index (χ1) is 60.7. The maximum Gasteiger partial charge on any atom is 0.333 e. The van der Waals surface area contributed by atoms with Crippen LogP contribution in [0.1, 0.15) is 273 Å². The van der Waals surface area contributed by atoms with Gasteiger partial charge in [0, 0.05) is 46.1 Å². The normalized spacial score (nSPS) is 12.0. The van der Waals surface area contributed by atoms with Gasteiger partial charge in [-0.05, 0) is 278 Å². The van der Waals surface area contributed by atoms with Gasteiger partial charge in [-0.2, -0.15) is 0 Å². The third kappa shape index (κ3) is 108. The van der Waals surface area contributed by atoms with Crippen LogP contribution in [0.4, 0.5) is 0 Å². The van der Waals surface area contributed by atoms with Gasteiger partial charge in [0.1, 0.15) is 26.4 Å². The lowest BCUT2D eigenvalue weighted by Crippen LogP contribution is -2.32. The highest BCUT2D eigenvalue weighted by Crippen LogP contribution is 2.25. The number of carbonyl (C=O) groups is 8. The zero-order chi connectivity index (χ0) is 103. The van der Waals surface area contributed by atoms with Gasteiger partial charge in [-0.1, -0.05) is 206 Å². The number of allylic oxidation sites excluding steroid dienone is 6. The molecule has 0 aliphatic carbocycles. The molecular weight excluding hydrogens is 1720 g/mol. The molecule has 0 aromatic heterocycles. The summed E-state index contributed by atoms with van der Waals surface area (Å²) >= 11 is 0. The third-order valence-corrected chi connectivity index (χ3v) is 30.5. The van der Waals surface area contributed by atoms with E-state index in [2.05, 4.69) is 228 Å². The minimum atomic E-state index is -1.65. The maximum atomic E-state index is 11.1. The molecule has 0 heterocycles. The van der Waals surface area contributed by atoms with E-state index in [1.165, 1.54) is 90.9 Å². The van der Waals surface area contributed by atoms with Crippen LogP contribution < -0.4 is 0 Å². The molecule has 24 heteroatoms. The first-order valence-electron chi connectivity index (χ1n) is 47.6. The first-order valence-corrected chi connectivity index (χ1v) is 60.1. The van der Waals surface area contributed by atoms with Crippen LogP contribution in [-0.4, -0.2) is 160 Å². The predicted molar refractivity (Wildman–Crippen MR) is 562 cm³/mol. The summed E-state index contributed by atoms with van der Waals surface area (Å²) in [4.78, 5) is 87.8. The molecular formula is C107H194O20Si4. The number of hydrogen-bond acceptors (Lipinski definition) is 20. The van der Waals surface area contributed by atoms with E-state index < -0.39 is 45.2 Å². The molecule has 0 aromatic rings. The van der Waals surface area contributed by atoms with Gasteiger partial charge in [-0.3, -0.25) is 0 Å². The molecule has 0 N–H and O–H groups in total. The van der Waals surface area contributed by atoms with Gasteiger partial charge in [-0.15, -0.1) is 26.3 Å². The van der Waals surface area contributed by atoms with Crippen LogP contribution in [0.5, 0.6) is 0 Å². The van der Waals surface area contributed by atoms with E-state index in [-0.39, 0.29) is 35.8 Å². The summed E-state index contributed by atoms with van der Waals surface area (Å²) in [6.07, 6.45) is 28.0. The summed E-state index contributed by atoms with van der Waals surface area (Å²) in [5.41, 5.74) is 9.64. The second-order valence-electron chi connectivity index (χ2n) is 37.9. The van der Waals surface area contributed by atoms with E-state index in [1.807, 2.05) is 13.8 Å². The Morgan fingerprint density at radius 1 is 0.252 bits per heavy atom. The first kappa shape index (κ1) is 139. The lowest BCUT2D eigenvalue weighted by molar-refractivity contribution is -0.140. The van der Waals surface area contributed by atoms with Crippen LogP contribution >= 0.6 is 0 Å². The molecule has 0 radical (unpaired) electrons. The highest BCUT2D eigenvalue weighted by molar-refractivity contribution is 6.72. The highest BCUT2D eigenvalue weighted by Gasteiger charge is 2.26. The predicted octanol–water partition coefficient (Wildman–Crippen LogP) is 28.5. The molecule has 20 nitrogen and oxygen atoms in total. The SMILES string of the molecule is C=C(C)C(=O)OCCC(C)CCC(C)C(=C)C.C=C(C)C(=O)OCCC(C)CCCC.C=C(C)C(=O)OCCO[Si](C)(C)CCCC.C=C(C)CCCC(C)CCOC(=O)C(=C)C.C=C(C)CCC[Si](C)(C)OCCOC(=O)C(=C)C.C=CC(=O)OCCC(C)CCCC(=C)C.C=CC(=O)OCCO[Si](C)(C)CCC(C)C(=C)C.C=CC(=O)OCCO[Si](C)(C)CCCC(=C)C. The summed E-state index contributed by atoms with van der Waals surface area (Å²) in [6.45, 7) is 112. The fourth-order valence-corrected chi connectivity index (χ4v) is 18.3. The quantitative estimate of drug-likeness (QED) is 0.0137. The monoisotopic (exact) mass is 1910 g/mol. The largest absolute Gasteiger partial charge is 0.463 e. The molecule has 0 spiro atoms. The van der Waals surface area contributed by atoms with Crippen molar-refractivity contribution in [3.63, 3.8) is 0 Å². The Morgan fingerprint density at radius 3 is 0.718 bits per heavy atom. The Hall–Kier alpha value is -7.17. The highest BCUT2D eigenvalue weighted by atomic mass is 28.4. The Kier molecular flexibility index (Phi) is 92.4. The Labute approximate surface area is 805 Å². The fourth-order valence-electron chi connectivity index (χ4n) is 10.8. The van der Waals surface area contributed by atoms with Gasteiger partial charge in [-0.25, -0.2) is 38.4 Å². The van der Waals surface area contributed by atoms with Crippen molar-refractivity contribution in [3.05, 3.63) is 172 Å². The molecule has 758 valence electrons. The number of esters is 8. The van der Waals surface area contributed by atoms with Crippen molar-refractivity contribution in [2.75, 3.05) is 79.3 Å². The van der Waals surface area contributed by atoms with E-state index in [4.69, 9.17) is 55.6 Å². The van der Waals surface area contributed by atoms with Gasteiger partial charge in [0.05, 0.1) is 52.9 Å². The van der Waals surface area contributed by atoms with Crippen molar-refractivity contribution in [1.82, 2.24) is 0 Å². The van der Waals surface area contributed by atoms with Gasteiger partial charge in [0.2, 0.25) is 0 Å². The van der Waals surface area contributed by atoms with E-state index in [1.54, 1.807) is 34.6 Å². The molecule has 0 rings (SSSR count). The minimum absolute atomic E-state index is 0.271. The fraction of sp³-hybridized carbons (Fsp3) is 0.664. The third-order valence-electron chi connectivity index (χ3n) is 20.4. The van der Waals surface area contributed by atoms with Crippen molar-refractivity contribution >= 4 is 81.0 Å². The lowest BCUT2D eigenvalue weighted by Gasteiger charge is -2.24. The summed E-state index contributed by atoms with van der Waals surface area (Å²) in [5, 5.41) is 0. The summed E-state index contributed by atoms with van der Waals surface area (Å²) < 4.78 is 63.0. The van der Waals surface area contributed by atoms with Crippen LogP contribution in [0.15, 0.2) is 172 Å². The number of hydrogen-bond donors (Lipinski definition) is 0. The molecule has 0 aromatic carbocycles. The van der Waals surface area contributed by atoms with Crippen molar-refractivity contribution < 1.29 is 94.0 Å². The molecule has 131 heavy (non-hydrogen) atoms. The lowest BCUT2D eigenvalue weighted by atomic mass is 9.92. The number of rotatable bonds is 66. The van der Waals surface area contributed by atoms with Crippen molar-refractivity contribution in [3.8, 4) is 0 Å². The number of ether oxygens (including phenoxy) is 8.